The van der Waals surface area contributed by atoms with Crippen LogP contribution in [0.3, 0.4) is 0 Å². The van der Waals surface area contributed by atoms with Gasteiger partial charge in [0.25, 0.3) is 5.69 Å². The van der Waals surface area contributed by atoms with E-state index in [1.54, 1.807) is 0 Å². The number of carbonyl (C=O) groups is 2. The molecule has 0 unspecified atom stereocenters. The predicted molar refractivity (Wildman–Crippen MR) is 91.5 cm³/mol. The molecule has 138 valence electrons. The number of non-ortho nitro benzene ring substituents is 1. The number of nitrogens with zero attached hydrogens (tertiary/aromatic N) is 2. The Hall–Kier alpha value is -2.19. The highest BCUT2D eigenvalue weighted by Gasteiger charge is 2.14. The van der Waals surface area contributed by atoms with Gasteiger partial charge in [-0.2, -0.15) is 0 Å². The highest BCUT2D eigenvalue weighted by atomic mass is 35.5. The zero-order valence-corrected chi connectivity index (χ0v) is 15.2. The van der Waals surface area contributed by atoms with Crippen LogP contribution in [-0.2, 0) is 14.3 Å². The molecule has 0 bridgehead atoms. The molecular formula is C16H22ClN2O6+. The van der Waals surface area contributed by atoms with Crippen LogP contribution in [0.15, 0.2) is 18.2 Å². The summed E-state index contributed by atoms with van der Waals surface area (Å²) < 4.78 is 10.8. The second-order valence-electron chi connectivity index (χ2n) is 6.43. The van der Waals surface area contributed by atoms with Crippen molar-refractivity contribution in [3.63, 3.8) is 0 Å². The number of quaternary nitrogens is 1. The van der Waals surface area contributed by atoms with Gasteiger partial charge in [0.2, 0.25) is 0 Å². The van der Waals surface area contributed by atoms with Gasteiger partial charge in [-0.15, -0.1) is 0 Å². The number of esters is 2. The SMILES string of the molecule is C[N+](C)(C)CCOC(=O)CCCC(=O)Oc1ccc([N+](=O)[O-])cc1Cl. The maximum atomic E-state index is 11.7. The van der Waals surface area contributed by atoms with Gasteiger partial charge in [0.05, 0.1) is 31.1 Å². The number of rotatable bonds is 9. The number of carbonyl (C=O) groups excluding carboxylic acids is 2. The van der Waals surface area contributed by atoms with Gasteiger partial charge in [0, 0.05) is 25.0 Å². The molecule has 1 rings (SSSR count). The summed E-state index contributed by atoms with van der Waals surface area (Å²) in [6.07, 6.45) is 0.407. The van der Waals surface area contributed by atoms with Gasteiger partial charge in [-0.05, 0) is 12.5 Å². The topological polar surface area (TPSA) is 95.7 Å². The molecule has 0 saturated heterocycles. The Morgan fingerprint density at radius 1 is 1.20 bits per heavy atom. The molecule has 25 heavy (non-hydrogen) atoms. The highest BCUT2D eigenvalue weighted by Crippen LogP contribution is 2.29. The molecule has 8 nitrogen and oxygen atoms in total. The van der Waals surface area contributed by atoms with Crippen molar-refractivity contribution in [2.75, 3.05) is 34.3 Å². The molecule has 0 fully saturated rings. The van der Waals surface area contributed by atoms with E-state index in [1.165, 1.54) is 12.1 Å². The minimum Gasteiger partial charge on any atom is -0.460 e. The molecule has 0 heterocycles. The molecule has 9 heteroatoms. The van der Waals surface area contributed by atoms with Gasteiger partial charge < -0.3 is 14.0 Å². The summed E-state index contributed by atoms with van der Waals surface area (Å²) in [6.45, 7) is 1.03. The van der Waals surface area contributed by atoms with Crippen molar-refractivity contribution in [2.24, 2.45) is 0 Å². The van der Waals surface area contributed by atoms with Gasteiger partial charge in [-0.25, -0.2) is 0 Å². The number of ether oxygens (including phenoxy) is 2. The second kappa shape index (κ2) is 9.33. The van der Waals surface area contributed by atoms with Crippen molar-refractivity contribution in [1.82, 2.24) is 0 Å². The third kappa shape index (κ3) is 8.46. The van der Waals surface area contributed by atoms with Crippen molar-refractivity contribution in [3.05, 3.63) is 33.3 Å². The van der Waals surface area contributed by atoms with Crippen molar-refractivity contribution < 1.29 is 28.5 Å². The van der Waals surface area contributed by atoms with E-state index >= 15 is 0 Å². The fourth-order valence-electron chi connectivity index (χ4n) is 1.74. The van der Waals surface area contributed by atoms with Gasteiger partial charge in [0.1, 0.15) is 18.9 Å². The lowest BCUT2D eigenvalue weighted by atomic mass is 10.2. The quantitative estimate of drug-likeness (QED) is 0.217. The Morgan fingerprint density at radius 2 is 1.84 bits per heavy atom. The first-order valence-corrected chi connectivity index (χ1v) is 8.07. The first-order valence-electron chi connectivity index (χ1n) is 7.69. The normalized spacial score (nSPS) is 11.0. The van der Waals surface area contributed by atoms with Crippen LogP contribution < -0.4 is 4.74 Å². The summed E-state index contributed by atoms with van der Waals surface area (Å²) in [4.78, 5) is 33.3. The first kappa shape index (κ1) is 20.9. The number of likely N-dealkylation sites (N-methyl/N-ethyl adjacent to an activating group) is 1. The Morgan fingerprint density at radius 3 is 2.40 bits per heavy atom. The van der Waals surface area contributed by atoms with Gasteiger partial charge >= 0.3 is 11.9 Å². The third-order valence-corrected chi connectivity index (χ3v) is 3.43. The third-order valence-electron chi connectivity index (χ3n) is 3.14. The van der Waals surface area contributed by atoms with Crippen LogP contribution in [0.2, 0.25) is 5.02 Å². The summed E-state index contributed by atoms with van der Waals surface area (Å²) in [5, 5.41) is 10.6. The molecule has 0 aliphatic heterocycles. The van der Waals surface area contributed by atoms with Crippen LogP contribution in [0.5, 0.6) is 5.75 Å². The summed E-state index contributed by atoms with van der Waals surface area (Å²) in [5.74, 6) is -0.896. The zero-order valence-electron chi connectivity index (χ0n) is 14.5. The van der Waals surface area contributed by atoms with E-state index in [2.05, 4.69) is 0 Å². The molecule has 0 N–H and O–H groups in total. The number of benzene rings is 1. The fourth-order valence-corrected chi connectivity index (χ4v) is 1.96. The van der Waals surface area contributed by atoms with E-state index in [0.717, 1.165) is 6.07 Å². The van der Waals surface area contributed by atoms with E-state index in [0.29, 0.717) is 17.6 Å². The lowest BCUT2D eigenvalue weighted by Crippen LogP contribution is -2.38. The molecule has 0 aliphatic rings. The van der Waals surface area contributed by atoms with Crippen LogP contribution in [0, 0.1) is 10.1 Å². The molecule has 0 saturated carbocycles. The van der Waals surface area contributed by atoms with E-state index in [4.69, 9.17) is 21.1 Å². The van der Waals surface area contributed by atoms with Crippen molar-refractivity contribution in [3.8, 4) is 5.75 Å². The Balaban J connectivity index is 2.33. The van der Waals surface area contributed by atoms with Crippen LogP contribution in [0.25, 0.3) is 0 Å². The van der Waals surface area contributed by atoms with Crippen LogP contribution >= 0.6 is 11.6 Å². The fraction of sp³-hybridized carbons (Fsp3) is 0.500. The number of nitro groups is 1. The maximum absolute atomic E-state index is 11.7. The lowest BCUT2D eigenvalue weighted by Gasteiger charge is -2.23. The summed E-state index contributed by atoms with van der Waals surface area (Å²) in [6, 6.07) is 3.56. The Kier molecular flexibility index (Phi) is 7.79. The Bertz CT molecular complexity index is 642. The van der Waals surface area contributed by atoms with Crippen LogP contribution in [0.4, 0.5) is 5.69 Å². The summed E-state index contributed by atoms with van der Waals surface area (Å²) >= 11 is 5.84. The van der Waals surface area contributed by atoms with Crippen molar-refractivity contribution in [2.45, 2.75) is 19.3 Å². The van der Waals surface area contributed by atoms with E-state index in [1.807, 2.05) is 21.1 Å². The maximum Gasteiger partial charge on any atom is 0.311 e. The number of nitro benzene ring substituents is 1. The Labute approximate surface area is 151 Å². The zero-order chi connectivity index (χ0) is 19.0. The molecule has 0 radical (unpaired) electrons. The van der Waals surface area contributed by atoms with E-state index in [9.17, 15) is 19.7 Å². The molecule has 1 aromatic rings. The van der Waals surface area contributed by atoms with Gasteiger partial charge in [-0.1, -0.05) is 11.6 Å². The molecule has 0 spiro atoms. The smallest absolute Gasteiger partial charge is 0.311 e. The number of hydrogen-bond donors (Lipinski definition) is 0. The van der Waals surface area contributed by atoms with Crippen molar-refractivity contribution in [1.29, 1.82) is 0 Å². The molecule has 0 amide bonds. The standard InChI is InChI=1S/C16H22ClN2O6/c1-19(2,3)9-10-24-15(20)5-4-6-16(21)25-14-8-7-12(18(22)23)11-13(14)17/h7-8,11H,4-6,9-10H2,1-3H3/q+1. The number of hydrogen-bond acceptors (Lipinski definition) is 6. The van der Waals surface area contributed by atoms with Gasteiger partial charge in [0.15, 0.2) is 0 Å². The highest BCUT2D eigenvalue weighted by molar-refractivity contribution is 6.32. The number of halogens is 1. The van der Waals surface area contributed by atoms with E-state index < -0.39 is 10.9 Å². The van der Waals surface area contributed by atoms with E-state index in [-0.39, 0.29) is 41.7 Å². The lowest BCUT2D eigenvalue weighted by molar-refractivity contribution is -0.870. The average molecular weight is 374 g/mol. The minimum absolute atomic E-state index is 0.0117. The molecule has 0 atom stereocenters. The summed E-state index contributed by atoms with van der Waals surface area (Å²) in [5.41, 5.74) is -0.193. The van der Waals surface area contributed by atoms with Crippen LogP contribution in [-0.4, -0.2) is 55.6 Å². The second-order valence-corrected chi connectivity index (χ2v) is 6.84. The predicted octanol–water partition coefficient (Wildman–Crippen LogP) is 2.57. The molecule has 1 aromatic carbocycles. The average Bonchev–Trinajstić information content (AvgIpc) is 2.47. The molecule has 0 aliphatic carbocycles. The molecule has 0 aromatic heterocycles. The van der Waals surface area contributed by atoms with Crippen molar-refractivity contribution >= 4 is 29.2 Å². The van der Waals surface area contributed by atoms with Crippen LogP contribution in [0.1, 0.15) is 19.3 Å². The molecular weight excluding hydrogens is 352 g/mol. The summed E-state index contributed by atoms with van der Waals surface area (Å²) in [7, 11) is 5.98. The largest absolute Gasteiger partial charge is 0.460 e. The minimum atomic E-state index is -0.596. The monoisotopic (exact) mass is 373 g/mol. The first-order chi connectivity index (χ1) is 11.6. The van der Waals surface area contributed by atoms with Gasteiger partial charge in [-0.3, -0.25) is 19.7 Å².